The van der Waals surface area contributed by atoms with Crippen LogP contribution in [-0.4, -0.2) is 32.5 Å². The predicted molar refractivity (Wildman–Crippen MR) is 74.3 cm³/mol. The second-order valence-electron chi connectivity index (χ2n) is 4.30. The minimum Gasteiger partial charge on any atom is -0.489 e. The summed E-state index contributed by atoms with van der Waals surface area (Å²) in [5, 5.41) is 3.66. The van der Waals surface area contributed by atoms with Gasteiger partial charge in [-0.2, -0.15) is 0 Å². The van der Waals surface area contributed by atoms with Gasteiger partial charge in [0.2, 0.25) is 0 Å². The second-order valence-corrected chi connectivity index (χ2v) is 4.71. The van der Waals surface area contributed by atoms with E-state index in [9.17, 15) is 4.79 Å². The summed E-state index contributed by atoms with van der Waals surface area (Å²) in [6.45, 7) is 2.54. The summed E-state index contributed by atoms with van der Waals surface area (Å²) in [5.74, 6) is 1.27. The van der Waals surface area contributed by atoms with Crippen molar-refractivity contribution in [1.82, 2.24) is 5.32 Å². The van der Waals surface area contributed by atoms with Crippen LogP contribution in [0.15, 0.2) is 12.1 Å². The Labute approximate surface area is 122 Å². The molecule has 1 amide bonds. The molecular weight excluding hydrogens is 284 g/mol. The van der Waals surface area contributed by atoms with Gasteiger partial charge in [-0.05, 0) is 17.7 Å². The van der Waals surface area contributed by atoms with Crippen molar-refractivity contribution in [2.45, 2.75) is 13.0 Å². The predicted octanol–water partition coefficient (Wildman–Crippen LogP) is 1.69. The van der Waals surface area contributed by atoms with E-state index in [2.05, 4.69) is 10.1 Å². The van der Waals surface area contributed by atoms with Crippen LogP contribution in [0.25, 0.3) is 0 Å². The van der Waals surface area contributed by atoms with Crippen molar-refractivity contribution in [3.8, 4) is 11.5 Å². The van der Waals surface area contributed by atoms with Gasteiger partial charge in [0.25, 0.3) is 0 Å². The molecule has 1 aliphatic heterocycles. The Morgan fingerprint density at radius 3 is 3.00 bits per heavy atom. The van der Waals surface area contributed by atoms with Gasteiger partial charge < -0.3 is 25.3 Å². The van der Waals surface area contributed by atoms with Crippen LogP contribution in [0.5, 0.6) is 11.5 Å². The molecule has 1 aromatic carbocycles. The van der Waals surface area contributed by atoms with Gasteiger partial charge in [0.1, 0.15) is 6.61 Å². The standard InChI is InChI=1S/C13H17ClN2O4/c14-10-6-9(8-16-2-5-20-13(15)17)7-11-12(10)19-4-1-3-18-11/h6-7,16H,1-5,8H2,(H2,15,17). The number of nitrogens with one attached hydrogen (secondary N) is 1. The summed E-state index contributed by atoms with van der Waals surface area (Å²) in [7, 11) is 0. The smallest absolute Gasteiger partial charge is 0.404 e. The molecule has 0 aromatic heterocycles. The van der Waals surface area contributed by atoms with Crippen LogP contribution < -0.4 is 20.5 Å². The number of hydrogen-bond donors (Lipinski definition) is 2. The van der Waals surface area contributed by atoms with Crippen LogP contribution in [0, 0.1) is 0 Å². The van der Waals surface area contributed by atoms with E-state index in [1.807, 2.05) is 12.1 Å². The van der Waals surface area contributed by atoms with E-state index in [0.717, 1.165) is 12.0 Å². The van der Waals surface area contributed by atoms with Gasteiger partial charge in [-0.15, -0.1) is 0 Å². The van der Waals surface area contributed by atoms with Gasteiger partial charge in [-0.3, -0.25) is 0 Å². The first-order valence-corrected chi connectivity index (χ1v) is 6.75. The van der Waals surface area contributed by atoms with Crippen LogP contribution >= 0.6 is 11.6 Å². The number of nitrogens with two attached hydrogens (primary N) is 1. The molecule has 110 valence electrons. The van der Waals surface area contributed by atoms with Crippen LogP contribution in [0.3, 0.4) is 0 Å². The lowest BCUT2D eigenvalue weighted by Gasteiger charge is -2.12. The number of benzene rings is 1. The van der Waals surface area contributed by atoms with E-state index in [4.69, 9.17) is 26.8 Å². The minimum absolute atomic E-state index is 0.230. The first kappa shape index (κ1) is 14.7. The molecular formula is C13H17ClN2O4. The molecule has 3 N–H and O–H groups in total. The molecule has 1 aromatic rings. The Bertz CT molecular complexity index is 482. The lowest BCUT2D eigenvalue weighted by atomic mass is 10.2. The average Bonchev–Trinajstić information content (AvgIpc) is 2.63. The fourth-order valence-corrected chi connectivity index (χ4v) is 2.13. The summed E-state index contributed by atoms with van der Waals surface area (Å²) in [6.07, 6.45) is 0.0636. The van der Waals surface area contributed by atoms with E-state index in [-0.39, 0.29) is 6.61 Å². The Kier molecular flexibility index (Phi) is 5.31. The molecule has 0 spiro atoms. The topological polar surface area (TPSA) is 82.8 Å². The third-order valence-corrected chi connectivity index (χ3v) is 2.99. The van der Waals surface area contributed by atoms with Crippen molar-refractivity contribution in [2.24, 2.45) is 5.73 Å². The molecule has 7 heteroatoms. The van der Waals surface area contributed by atoms with Crippen LogP contribution in [-0.2, 0) is 11.3 Å². The number of carbonyl (C=O) groups excluding carboxylic acids is 1. The van der Waals surface area contributed by atoms with Crippen molar-refractivity contribution in [1.29, 1.82) is 0 Å². The van der Waals surface area contributed by atoms with Gasteiger partial charge in [0.05, 0.1) is 18.2 Å². The number of carbonyl (C=O) groups is 1. The maximum Gasteiger partial charge on any atom is 0.404 e. The van der Waals surface area contributed by atoms with Crippen molar-refractivity contribution in [3.05, 3.63) is 22.7 Å². The first-order chi connectivity index (χ1) is 9.66. The molecule has 0 radical (unpaired) electrons. The van der Waals surface area contributed by atoms with Crippen molar-refractivity contribution >= 4 is 17.7 Å². The molecule has 0 unspecified atom stereocenters. The van der Waals surface area contributed by atoms with Gasteiger partial charge in [0, 0.05) is 19.5 Å². The summed E-state index contributed by atoms with van der Waals surface area (Å²) in [4.78, 5) is 10.4. The Morgan fingerprint density at radius 2 is 2.20 bits per heavy atom. The molecule has 20 heavy (non-hydrogen) atoms. The maximum absolute atomic E-state index is 10.4. The lowest BCUT2D eigenvalue weighted by molar-refractivity contribution is 0.157. The molecule has 0 fully saturated rings. The second kappa shape index (κ2) is 7.21. The molecule has 1 aliphatic rings. The quantitative estimate of drug-likeness (QED) is 0.809. The third-order valence-electron chi connectivity index (χ3n) is 2.71. The number of fused-ring (bicyclic) bond motifs is 1. The van der Waals surface area contributed by atoms with Crippen LogP contribution in [0.1, 0.15) is 12.0 Å². The van der Waals surface area contributed by atoms with E-state index >= 15 is 0 Å². The summed E-state index contributed by atoms with van der Waals surface area (Å²) in [5.41, 5.74) is 5.83. The summed E-state index contributed by atoms with van der Waals surface area (Å²) in [6, 6.07) is 3.73. The largest absolute Gasteiger partial charge is 0.489 e. The Balaban J connectivity index is 1.90. The van der Waals surface area contributed by atoms with E-state index in [0.29, 0.717) is 42.8 Å². The highest BCUT2D eigenvalue weighted by atomic mass is 35.5. The van der Waals surface area contributed by atoms with E-state index in [1.54, 1.807) is 0 Å². The highest BCUT2D eigenvalue weighted by molar-refractivity contribution is 6.32. The molecule has 2 rings (SSSR count). The van der Waals surface area contributed by atoms with Crippen LogP contribution in [0.4, 0.5) is 4.79 Å². The number of amides is 1. The average molecular weight is 301 g/mol. The van der Waals surface area contributed by atoms with Crippen LogP contribution in [0.2, 0.25) is 5.02 Å². The van der Waals surface area contributed by atoms with Crippen molar-refractivity contribution < 1.29 is 19.0 Å². The SMILES string of the molecule is NC(=O)OCCNCc1cc(Cl)c2c(c1)OCCCO2. The van der Waals surface area contributed by atoms with Crippen molar-refractivity contribution in [2.75, 3.05) is 26.4 Å². The van der Waals surface area contributed by atoms with E-state index in [1.165, 1.54) is 0 Å². The molecule has 0 atom stereocenters. The van der Waals surface area contributed by atoms with Gasteiger partial charge in [-0.1, -0.05) is 11.6 Å². The summed E-state index contributed by atoms with van der Waals surface area (Å²) >= 11 is 6.18. The Hall–Kier alpha value is -1.66. The van der Waals surface area contributed by atoms with E-state index < -0.39 is 6.09 Å². The van der Waals surface area contributed by atoms with Gasteiger partial charge in [-0.25, -0.2) is 4.79 Å². The fourth-order valence-electron chi connectivity index (χ4n) is 1.84. The molecule has 6 nitrogen and oxygen atoms in total. The zero-order chi connectivity index (χ0) is 14.4. The van der Waals surface area contributed by atoms with Crippen molar-refractivity contribution in [3.63, 3.8) is 0 Å². The summed E-state index contributed by atoms with van der Waals surface area (Å²) < 4.78 is 15.8. The number of primary amides is 1. The molecule has 0 saturated heterocycles. The Morgan fingerprint density at radius 1 is 1.40 bits per heavy atom. The maximum atomic E-state index is 10.4. The molecule has 0 aliphatic carbocycles. The molecule has 0 saturated carbocycles. The lowest BCUT2D eigenvalue weighted by Crippen LogP contribution is -2.23. The zero-order valence-electron chi connectivity index (χ0n) is 11.0. The van der Waals surface area contributed by atoms with Gasteiger partial charge >= 0.3 is 6.09 Å². The zero-order valence-corrected chi connectivity index (χ0v) is 11.7. The molecule has 1 heterocycles. The van der Waals surface area contributed by atoms with Gasteiger partial charge in [0.15, 0.2) is 11.5 Å². The minimum atomic E-state index is -0.773. The third kappa shape index (κ3) is 4.18. The normalized spacial score (nSPS) is 13.7. The monoisotopic (exact) mass is 300 g/mol. The number of rotatable bonds is 5. The fraction of sp³-hybridized carbons (Fsp3) is 0.462. The number of ether oxygens (including phenoxy) is 3. The molecule has 0 bridgehead atoms. The number of hydrogen-bond acceptors (Lipinski definition) is 5. The highest BCUT2D eigenvalue weighted by Gasteiger charge is 2.15. The highest BCUT2D eigenvalue weighted by Crippen LogP contribution is 2.37. The first-order valence-electron chi connectivity index (χ1n) is 6.38. The number of halogens is 1.